The van der Waals surface area contributed by atoms with E-state index in [0.717, 1.165) is 46.8 Å². The number of carbonyl (C=O) groups excluding carboxylic acids is 1. The summed E-state index contributed by atoms with van der Waals surface area (Å²) in [5, 5.41) is 16.7. The van der Waals surface area contributed by atoms with E-state index in [-0.39, 0.29) is 32.9 Å². The summed E-state index contributed by atoms with van der Waals surface area (Å²) in [7, 11) is 0. The van der Waals surface area contributed by atoms with E-state index in [2.05, 4.69) is 32.8 Å². The van der Waals surface area contributed by atoms with Crippen molar-refractivity contribution >= 4 is 56.6 Å². The molecule has 27 heavy (non-hydrogen) atoms. The lowest BCUT2D eigenvalue weighted by Gasteiger charge is -2.27. The molecule has 0 saturated carbocycles. The highest BCUT2D eigenvalue weighted by molar-refractivity contribution is 9.09. The number of phenolic OH excluding ortho intramolecular Hbond substituents is 1. The quantitative estimate of drug-likeness (QED) is 0.424. The monoisotopic (exact) mass is 445 g/mol. The molecular weight excluding hydrogens is 426 g/mol. The molecule has 1 saturated heterocycles. The normalized spacial score (nSPS) is 27.5. The van der Waals surface area contributed by atoms with Crippen LogP contribution in [0.4, 0.5) is 11.4 Å². The Labute approximate surface area is 169 Å². The molecule has 3 unspecified atom stereocenters. The zero-order valence-corrected chi connectivity index (χ0v) is 17.4. The standard InChI is InChI=1S/C20H20BrN3O2S/c1-8(9(2)21)12(25)6-13-11-5-14(27-13)24-19-16(11)17-15-10(3-4-22-17)7-23-18(15)20(19)26/h7,9,11,13-14,24,26H,1,3-6H2,2H3/t9?,11?,13?,14-/m1/s1. The molecule has 1 aromatic carbocycles. The van der Waals surface area contributed by atoms with Gasteiger partial charge in [0.25, 0.3) is 0 Å². The Balaban J connectivity index is 1.61. The van der Waals surface area contributed by atoms with Crippen molar-refractivity contribution in [2.24, 2.45) is 9.98 Å². The third-order valence-electron chi connectivity index (χ3n) is 5.94. The van der Waals surface area contributed by atoms with Crippen molar-refractivity contribution in [2.75, 3.05) is 11.9 Å². The summed E-state index contributed by atoms with van der Waals surface area (Å²) >= 11 is 5.24. The van der Waals surface area contributed by atoms with Gasteiger partial charge in [0, 0.05) is 51.5 Å². The number of rotatable bonds is 4. The lowest BCUT2D eigenvalue weighted by Crippen LogP contribution is -2.38. The van der Waals surface area contributed by atoms with Crippen molar-refractivity contribution in [1.82, 2.24) is 0 Å². The minimum Gasteiger partial charge on any atom is -0.504 e. The van der Waals surface area contributed by atoms with Crippen LogP contribution in [0.15, 0.2) is 22.1 Å². The second-order valence-electron chi connectivity index (χ2n) is 7.54. The van der Waals surface area contributed by atoms with E-state index in [1.165, 1.54) is 0 Å². The molecule has 2 bridgehead atoms. The number of hydrogen-bond donors (Lipinski definition) is 2. The van der Waals surface area contributed by atoms with Gasteiger partial charge in [-0.25, -0.2) is 0 Å². The van der Waals surface area contributed by atoms with Crippen molar-refractivity contribution in [1.29, 1.82) is 0 Å². The van der Waals surface area contributed by atoms with Crippen molar-refractivity contribution in [2.45, 2.75) is 47.6 Å². The van der Waals surface area contributed by atoms with E-state index in [0.29, 0.717) is 17.7 Å². The Kier molecular flexibility index (Phi) is 4.02. The van der Waals surface area contributed by atoms with Crippen LogP contribution in [0.5, 0.6) is 5.75 Å². The number of halogens is 1. The van der Waals surface area contributed by atoms with Crippen LogP contribution in [0.1, 0.15) is 37.7 Å². The molecule has 7 heteroatoms. The van der Waals surface area contributed by atoms with Gasteiger partial charge in [0.1, 0.15) is 5.69 Å². The third kappa shape index (κ3) is 2.54. The molecule has 0 radical (unpaired) electrons. The summed E-state index contributed by atoms with van der Waals surface area (Å²) < 4.78 is 0. The number of carbonyl (C=O) groups is 1. The number of Topliss-reactive ketones (excluding diaryl/α,β-unsaturated/α-hetero) is 1. The molecule has 2 N–H and O–H groups in total. The van der Waals surface area contributed by atoms with Crippen molar-refractivity contribution in [3.63, 3.8) is 0 Å². The minimum atomic E-state index is -0.0148. The highest BCUT2D eigenvalue weighted by Crippen LogP contribution is 2.54. The number of aliphatic imine (C=N–C) groups is 1. The summed E-state index contributed by atoms with van der Waals surface area (Å²) in [5.41, 5.74) is 4.27. The fraction of sp³-hybridized carbons (Fsp3) is 0.450. The first-order valence-electron chi connectivity index (χ1n) is 9.24. The van der Waals surface area contributed by atoms with Gasteiger partial charge < -0.3 is 10.4 Å². The molecule has 5 rings (SSSR count). The zero-order chi connectivity index (χ0) is 18.9. The molecule has 1 fully saturated rings. The number of alkyl halides is 1. The lowest BCUT2D eigenvalue weighted by atomic mass is 9.84. The average Bonchev–Trinajstić information content (AvgIpc) is 3.21. The number of anilines is 1. The van der Waals surface area contributed by atoms with Crippen LogP contribution < -0.4 is 15.9 Å². The number of aromatic hydroxyl groups is 1. The van der Waals surface area contributed by atoms with Gasteiger partial charge in [0.2, 0.25) is 0 Å². The molecule has 4 atom stereocenters. The molecular formula is C20H20BrN3O2S. The number of thioether (sulfide) groups is 1. The number of allylic oxidation sites excluding steroid dienone is 1. The summed E-state index contributed by atoms with van der Waals surface area (Å²) in [6.07, 6.45) is 4.14. The SMILES string of the molecule is C=C(C(=O)CC1S[C@@H]2CC1c1c(c(O)c3c4c1=NCCC=4C=N3)N2)C(C)Br. The van der Waals surface area contributed by atoms with Gasteiger partial charge >= 0.3 is 0 Å². The van der Waals surface area contributed by atoms with Crippen LogP contribution in [-0.2, 0) is 4.79 Å². The molecule has 0 aliphatic carbocycles. The van der Waals surface area contributed by atoms with Gasteiger partial charge in [0.05, 0.1) is 16.4 Å². The van der Waals surface area contributed by atoms with Gasteiger partial charge in [0.15, 0.2) is 11.5 Å². The fourth-order valence-electron chi connectivity index (χ4n) is 4.54. The maximum Gasteiger partial charge on any atom is 0.165 e. The second kappa shape index (κ2) is 6.21. The summed E-state index contributed by atoms with van der Waals surface area (Å²) in [4.78, 5) is 21.9. The maximum atomic E-state index is 12.7. The number of nitrogens with zero attached hydrogens (tertiary/aromatic N) is 2. The summed E-state index contributed by atoms with van der Waals surface area (Å²) in [6.45, 7) is 6.62. The highest BCUT2D eigenvalue weighted by Gasteiger charge is 2.44. The summed E-state index contributed by atoms with van der Waals surface area (Å²) in [6, 6.07) is 0. The Morgan fingerprint density at radius 1 is 1.56 bits per heavy atom. The van der Waals surface area contributed by atoms with Crippen LogP contribution >= 0.6 is 27.7 Å². The first-order chi connectivity index (χ1) is 13.0. The first-order valence-corrected chi connectivity index (χ1v) is 11.1. The molecule has 1 aromatic rings. The van der Waals surface area contributed by atoms with Crippen LogP contribution in [0, 0.1) is 0 Å². The summed E-state index contributed by atoms with van der Waals surface area (Å²) in [5.74, 6) is 0.541. The topological polar surface area (TPSA) is 74.0 Å². The molecule has 5 nitrogen and oxygen atoms in total. The lowest BCUT2D eigenvalue weighted by molar-refractivity contribution is -0.115. The number of nitrogens with one attached hydrogen (secondary N) is 1. The zero-order valence-electron chi connectivity index (χ0n) is 15.0. The Bertz CT molecular complexity index is 1050. The molecule has 0 aromatic heterocycles. The predicted octanol–water partition coefficient (Wildman–Crippen LogP) is 2.92. The van der Waals surface area contributed by atoms with Gasteiger partial charge in [-0.15, -0.1) is 11.8 Å². The minimum absolute atomic E-state index is 0.0148. The van der Waals surface area contributed by atoms with Crippen LogP contribution in [0.2, 0.25) is 0 Å². The van der Waals surface area contributed by atoms with Crippen LogP contribution in [0.25, 0.3) is 5.57 Å². The molecule has 0 spiro atoms. The Morgan fingerprint density at radius 3 is 3.15 bits per heavy atom. The highest BCUT2D eigenvalue weighted by atomic mass is 79.9. The first kappa shape index (κ1) is 17.5. The molecule has 140 valence electrons. The Hall–Kier alpha value is -1.60. The smallest absolute Gasteiger partial charge is 0.165 e. The van der Waals surface area contributed by atoms with Crippen molar-refractivity contribution in [3.8, 4) is 5.75 Å². The van der Waals surface area contributed by atoms with Gasteiger partial charge in [-0.05, 0) is 25.3 Å². The molecule has 4 heterocycles. The Morgan fingerprint density at radius 2 is 2.37 bits per heavy atom. The number of ketones is 1. The van der Waals surface area contributed by atoms with E-state index >= 15 is 0 Å². The molecule has 4 aliphatic heterocycles. The maximum absolute atomic E-state index is 12.7. The van der Waals surface area contributed by atoms with E-state index < -0.39 is 0 Å². The number of fused-ring (bicyclic) bond motifs is 5. The van der Waals surface area contributed by atoms with E-state index in [1.54, 1.807) is 11.8 Å². The number of benzene rings is 1. The second-order valence-corrected chi connectivity index (χ2v) is 10.4. The van der Waals surface area contributed by atoms with Crippen molar-refractivity contribution in [3.05, 3.63) is 28.3 Å². The van der Waals surface area contributed by atoms with Gasteiger partial charge in [-0.2, -0.15) is 0 Å². The number of phenols is 1. The number of hydrogen-bond acceptors (Lipinski definition) is 6. The molecule has 4 aliphatic rings. The predicted molar refractivity (Wildman–Crippen MR) is 113 cm³/mol. The van der Waals surface area contributed by atoms with Crippen LogP contribution in [0.3, 0.4) is 0 Å². The van der Waals surface area contributed by atoms with E-state index in [9.17, 15) is 9.90 Å². The van der Waals surface area contributed by atoms with E-state index in [4.69, 9.17) is 4.99 Å². The molecule has 0 amide bonds. The van der Waals surface area contributed by atoms with Gasteiger partial charge in [-0.3, -0.25) is 14.8 Å². The average molecular weight is 446 g/mol. The van der Waals surface area contributed by atoms with Crippen molar-refractivity contribution < 1.29 is 9.90 Å². The third-order valence-corrected chi connectivity index (χ3v) is 7.97. The van der Waals surface area contributed by atoms with Crippen LogP contribution in [-0.4, -0.2) is 39.1 Å². The van der Waals surface area contributed by atoms with Gasteiger partial charge in [-0.1, -0.05) is 22.5 Å². The largest absolute Gasteiger partial charge is 0.504 e. The van der Waals surface area contributed by atoms with E-state index in [1.807, 2.05) is 13.1 Å². The fourth-order valence-corrected chi connectivity index (χ4v) is 6.41.